The highest BCUT2D eigenvalue weighted by atomic mass is 32.1. The molecule has 0 bridgehead atoms. The molecule has 1 heterocycles. The molecule has 0 radical (unpaired) electrons. The van der Waals surface area contributed by atoms with Crippen LogP contribution in [0.5, 0.6) is 0 Å². The molecule has 1 aromatic heterocycles. The fourth-order valence-electron chi connectivity index (χ4n) is 1.33. The van der Waals surface area contributed by atoms with Crippen molar-refractivity contribution in [2.45, 2.75) is 13.3 Å². The summed E-state index contributed by atoms with van der Waals surface area (Å²) in [6, 6.07) is 10.4. The van der Waals surface area contributed by atoms with Gasteiger partial charge in [-0.05, 0) is 18.9 Å². The summed E-state index contributed by atoms with van der Waals surface area (Å²) in [6.07, 6.45) is 1.01. The number of nitrogens with one attached hydrogen (secondary N) is 1. The molecule has 1 N–H and O–H groups in total. The molecule has 3 nitrogen and oxygen atoms in total. The van der Waals surface area contributed by atoms with Gasteiger partial charge in [0.25, 0.3) is 0 Å². The predicted molar refractivity (Wildman–Crippen MR) is 63.3 cm³/mol. The largest absolute Gasteiger partial charge is 0.360 e. The van der Waals surface area contributed by atoms with Gasteiger partial charge in [0, 0.05) is 6.54 Å². The van der Waals surface area contributed by atoms with Crippen molar-refractivity contribution in [3.63, 3.8) is 0 Å². The third kappa shape index (κ3) is 3.02. The number of rotatable bonds is 4. The van der Waals surface area contributed by atoms with E-state index < -0.39 is 0 Å². The van der Waals surface area contributed by atoms with Gasteiger partial charge in [0.05, 0.1) is 0 Å². The van der Waals surface area contributed by atoms with E-state index in [2.05, 4.69) is 39.8 Å². The van der Waals surface area contributed by atoms with E-state index in [1.165, 1.54) is 5.56 Å². The first-order valence-corrected chi connectivity index (χ1v) is 5.74. The summed E-state index contributed by atoms with van der Waals surface area (Å²) < 4.78 is 0. The third-order valence-corrected chi connectivity index (χ3v) is 2.86. The van der Waals surface area contributed by atoms with Gasteiger partial charge in [0.1, 0.15) is 5.01 Å². The second kappa shape index (κ2) is 4.89. The van der Waals surface area contributed by atoms with Gasteiger partial charge in [0.2, 0.25) is 5.13 Å². The molecule has 0 amide bonds. The Morgan fingerprint density at radius 3 is 2.67 bits per heavy atom. The van der Waals surface area contributed by atoms with Gasteiger partial charge in [0.15, 0.2) is 0 Å². The Morgan fingerprint density at radius 2 is 2.00 bits per heavy atom. The average molecular weight is 219 g/mol. The van der Waals surface area contributed by atoms with Crippen molar-refractivity contribution in [2.75, 3.05) is 11.9 Å². The maximum Gasteiger partial charge on any atom is 0.205 e. The number of benzene rings is 1. The molecular formula is C11H13N3S. The summed E-state index contributed by atoms with van der Waals surface area (Å²) in [5.41, 5.74) is 1.34. The SMILES string of the molecule is Cc1nnc(NCCc2ccccc2)s1. The molecule has 1 aromatic carbocycles. The summed E-state index contributed by atoms with van der Waals surface area (Å²) in [4.78, 5) is 0. The van der Waals surface area contributed by atoms with Crippen molar-refractivity contribution in [2.24, 2.45) is 0 Å². The third-order valence-electron chi connectivity index (χ3n) is 2.06. The van der Waals surface area contributed by atoms with E-state index in [-0.39, 0.29) is 0 Å². The lowest BCUT2D eigenvalue weighted by Crippen LogP contribution is -2.04. The van der Waals surface area contributed by atoms with E-state index in [1.54, 1.807) is 11.3 Å². The van der Waals surface area contributed by atoms with Crippen molar-refractivity contribution < 1.29 is 0 Å². The van der Waals surface area contributed by atoms with Crippen LogP contribution in [-0.4, -0.2) is 16.7 Å². The number of nitrogens with zero attached hydrogens (tertiary/aromatic N) is 2. The van der Waals surface area contributed by atoms with Gasteiger partial charge in [-0.1, -0.05) is 41.7 Å². The lowest BCUT2D eigenvalue weighted by Gasteiger charge is -2.01. The minimum atomic E-state index is 0.901. The Hall–Kier alpha value is -1.42. The molecule has 2 aromatic rings. The van der Waals surface area contributed by atoms with Crippen LogP contribution in [0.1, 0.15) is 10.6 Å². The van der Waals surface area contributed by atoms with Crippen LogP contribution in [0, 0.1) is 6.92 Å². The molecule has 78 valence electrons. The lowest BCUT2D eigenvalue weighted by molar-refractivity contribution is 0.986. The van der Waals surface area contributed by atoms with Crippen LogP contribution in [0.25, 0.3) is 0 Å². The number of aryl methyl sites for hydroxylation is 1. The van der Waals surface area contributed by atoms with E-state index in [9.17, 15) is 0 Å². The van der Waals surface area contributed by atoms with E-state index >= 15 is 0 Å². The maximum absolute atomic E-state index is 4.00. The fraction of sp³-hybridized carbons (Fsp3) is 0.273. The second-order valence-electron chi connectivity index (χ2n) is 3.29. The van der Waals surface area contributed by atoms with Gasteiger partial charge in [-0.2, -0.15) is 0 Å². The van der Waals surface area contributed by atoms with E-state index in [0.717, 1.165) is 23.1 Å². The Balaban J connectivity index is 1.80. The normalized spacial score (nSPS) is 10.2. The predicted octanol–water partition coefficient (Wildman–Crippen LogP) is 2.50. The molecule has 0 aliphatic rings. The molecule has 0 unspecified atom stereocenters. The summed E-state index contributed by atoms with van der Waals surface area (Å²) in [7, 11) is 0. The van der Waals surface area contributed by atoms with E-state index in [1.807, 2.05) is 13.0 Å². The van der Waals surface area contributed by atoms with Crippen LogP contribution in [0.3, 0.4) is 0 Å². The van der Waals surface area contributed by atoms with Crippen LogP contribution < -0.4 is 5.32 Å². The topological polar surface area (TPSA) is 37.8 Å². The zero-order chi connectivity index (χ0) is 10.5. The fourth-order valence-corrected chi connectivity index (χ4v) is 1.94. The van der Waals surface area contributed by atoms with Crippen LogP contribution in [-0.2, 0) is 6.42 Å². The monoisotopic (exact) mass is 219 g/mol. The molecule has 15 heavy (non-hydrogen) atoms. The van der Waals surface area contributed by atoms with Crippen molar-refractivity contribution >= 4 is 16.5 Å². The Kier molecular flexibility index (Phi) is 3.29. The minimum Gasteiger partial charge on any atom is -0.360 e. The summed E-state index contributed by atoms with van der Waals surface area (Å²) in [5, 5.41) is 13.1. The van der Waals surface area contributed by atoms with Gasteiger partial charge in [-0.3, -0.25) is 0 Å². The molecule has 0 spiro atoms. The molecule has 0 atom stereocenters. The second-order valence-corrected chi connectivity index (χ2v) is 4.47. The van der Waals surface area contributed by atoms with E-state index in [0.29, 0.717) is 0 Å². The molecule has 0 fully saturated rings. The minimum absolute atomic E-state index is 0.901. The van der Waals surface area contributed by atoms with E-state index in [4.69, 9.17) is 0 Å². The number of aromatic nitrogens is 2. The molecule has 0 saturated carbocycles. The van der Waals surface area contributed by atoms with Gasteiger partial charge in [-0.25, -0.2) is 0 Å². The van der Waals surface area contributed by atoms with Crippen molar-refractivity contribution in [3.05, 3.63) is 40.9 Å². The van der Waals surface area contributed by atoms with Crippen molar-refractivity contribution in [1.82, 2.24) is 10.2 Å². The Morgan fingerprint density at radius 1 is 1.20 bits per heavy atom. The van der Waals surface area contributed by atoms with Crippen molar-refractivity contribution in [3.8, 4) is 0 Å². The van der Waals surface area contributed by atoms with Crippen molar-refractivity contribution in [1.29, 1.82) is 0 Å². The van der Waals surface area contributed by atoms with Gasteiger partial charge < -0.3 is 5.32 Å². The highest BCUT2D eigenvalue weighted by Gasteiger charge is 1.98. The quantitative estimate of drug-likeness (QED) is 0.858. The lowest BCUT2D eigenvalue weighted by atomic mass is 10.2. The standard InChI is InChI=1S/C11H13N3S/c1-9-13-14-11(15-9)12-8-7-10-5-3-2-4-6-10/h2-6H,7-8H2,1H3,(H,12,14). The maximum atomic E-state index is 4.00. The number of hydrogen-bond acceptors (Lipinski definition) is 4. The van der Waals surface area contributed by atoms with Gasteiger partial charge >= 0.3 is 0 Å². The van der Waals surface area contributed by atoms with Crippen LogP contribution in [0.2, 0.25) is 0 Å². The first kappa shape index (κ1) is 10.1. The summed E-state index contributed by atoms with van der Waals surface area (Å²) in [6.45, 7) is 2.86. The molecular weight excluding hydrogens is 206 g/mol. The smallest absolute Gasteiger partial charge is 0.205 e. The molecule has 0 saturated heterocycles. The highest BCUT2D eigenvalue weighted by molar-refractivity contribution is 7.15. The number of anilines is 1. The molecule has 4 heteroatoms. The zero-order valence-corrected chi connectivity index (χ0v) is 9.42. The Labute approximate surface area is 93.2 Å². The summed E-state index contributed by atoms with van der Waals surface area (Å²) >= 11 is 1.59. The summed E-state index contributed by atoms with van der Waals surface area (Å²) in [5.74, 6) is 0. The van der Waals surface area contributed by atoms with Gasteiger partial charge in [-0.15, -0.1) is 10.2 Å². The van der Waals surface area contributed by atoms with Crippen LogP contribution in [0.15, 0.2) is 30.3 Å². The Bertz CT molecular complexity index is 411. The molecule has 2 rings (SSSR count). The van der Waals surface area contributed by atoms with Crippen LogP contribution >= 0.6 is 11.3 Å². The first-order chi connectivity index (χ1) is 7.34. The number of hydrogen-bond donors (Lipinski definition) is 1. The molecule has 0 aliphatic heterocycles. The van der Waals surface area contributed by atoms with Crippen LogP contribution in [0.4, 0.5) is 5.13 Å². The highest BCUT2D eigenvalue weighted by Crippen LogP contribution is 2.13. The zero-order valence-electron chi connectivity index (χ0n) is 8.60. The molecule has 0 aliphatic carbocycles. The average Bonchev–Trinajstić information content (AvgIpc) is 2.66. The first-order valence-electron chi connectivity index (χ1n) is 4.92.